The molecule has 88 valence electrons. The van der Waals surface area contributed by atoms with Crippen LogP contribution in [0.15, 0.2) is 18.2 Å². The minimum atomic E-state index is -0.105. The van der Waals surface area contributed by atoms with Gasteiger partial charge in [-0.15, -0.1) is 0 Å². The van der Waals surface area contributed by atoms with Crippen molar-refractivity contribution in [3.63, 3.8) is 0 Å². The molecule has 2 N–H and O–H groups in total. The van der Waals surface area contributed by atoms with Crippen molar-refractivity contribution in [1.82, 2.24) is 5.32 Å². The fraction of sp³-hybridized carbons (Fsp3) is 0.417. The number of likely N-dealkylation sites (N-methyl/N-ethyl adjacent to an activating group) is 1. The molecule has 0 spiro atoms. The molecule has 0 heterocycles. The maximum absolute atomic E-state index is 11.8. The van der Waals surface area contributed by atoms with Crippen LogP contribution in [0.25, 0.3) is 0 Å². The summed E-state index contributed by atoms with van der Waals surface area (Å²) in [6.45, 7) is 3.50. The zero-order valence-corrected chi connectivity index (χ0v) is 10.7. The van der Waals surface area contributed by atoms with E-state index in [1.807, 2.05) is 27.1 Å². The first-order valence-electron chi connectivity index (χ1n) is 5.34. The van der Waals surface area contributed by atoms with Crippen molar-refractivity contribution < 1.29 is 9.69 Å². The molecule has 0 unspecified atom stereocenters. The number of amides is 1. The topological polar surface area (TPSA) is 33.5 Å². The van der Waals surface area contributed by atoms with Gasteiger partial charge in [-0.2, -0.15) is 0 Å². The van der Waals surface area contributed by atoms with E-state index in [2.05, 4.69) is 5.32 Å². The van der Waals surface area contributed by atoms with Crippen molar-refractivity contribution in [3.05, 3.63) is 34.3 Å². The van der Waals surface area contributed by atoms with Crippen LogP contribution in [0.5, 0.6) is 0 Å². The van der Waals surface area contributed by atoms with Crippen LogP contribution >= 0.6 is 11.6 Å². The Morgan fingerprint density at radius 2 is 2.12 bits per heavy atom. The Kier molecular flexibility index (Phi) is 4.77. The van der Waals surface area contributed by atoms with E-state index in [1.165, 1.54) is 4.90 Å². The summed E-state index contributed by atoms with van der Waals surface area (Å²) in [4.78, 5) is 13.1. The van der Waals surface area contributed by atoms with Crippen molar-refractivity contribution in [2.24, 2.45) is 0 Å². The van der Waals surface area contributed by atoms with E-state index < -0.39 is 0 Å². The van der Waals surface area contributed by atoms with Gasteiger partial charge in [0.05, 0.1) is 37.8 Å². The molecule has 0 saturated carbocycles. The van der Waals surface area contributed by atoms with Gasteiger partial charge in [0, 0.05) is 0 Å². The number of nitrogens with one attached hydrogen (secondary N) is 2. The second-order valence-electron chi connectivity index (χ2n) is 4.20. The molecule has 1 aromatic rings. The number of hydrogen-bond acceptors (Lipinski definition) is 1. The number of quaternary nitrogens is 1. The van der Waals surface area contributed by atoms with Gasteiger partial charge in [-0.05, 0) is 24.6 Å². The summed E-state index contributed by atoms with van der Waals surface area (Å²) in [7, 11) is 4.09. The predicted molar refractivity (Wildman–Crippen MR) is 66.2 cm³/mol. The molecule has 0 fully saturated rings. The third-order valence-corrected chi connectivity index (χ3v) is 2.59. The Balaban J connectivity index is 2.59. The van der Waals surface area contributed by atoms with Crippen LogP contribution in [0.3, 0.4) is 0 Å². The fourth-order valence-electron chi connectivity index (χ4n) is 1.33. The smallest absolute Gasteiger partial charge is 0.253 e. The van der Waals surface area contributed by atoms with Gasteiger partial charge in [0.1, 0.15) is 0 Å². The first kappa shape index (κ1) is 13.0. The number of carbonyl (C=O) groups is 1. The van der Waals surface area contributed by atoms with Gasteiger partial charge >= 0.3 is 0 Å². The standard InChI is InChI=1S/C12H17ClN2O/c1-9-4-5-10(11(13)8-9)12(16)14-6-7-15(2)3/h4-5,8H,6-7H2,1-3H3,(H,14,16)/p+1. The summed E-state index contributed by atoms with van der Waals surface area (Å²) >= 11 is 6.00. The molecule has 0 aliphatic heterocycles. The van der Waals surface area contributed by atoms with Crippen LogP contribution in [0, 0.1) is 6.92 Å². The third kappa shape index (κ3) is 3.83. The molecule has 1 amide bonds. The molecule has 0 bridgehead atoms. The molecular weight excluding hydrogens is 224 g/mol. The van der Waals surface area contributed by atoms with E-state index in [4.69, 9.17) is 11.6 Å². The van der Waals surface area contributed by atoms with Gasteiger partial charge in [0.2, 0.25) is 0 Å². The molecule has 1 aromatic carbocycles. The lowest BCUT2D eigenvalue weighted by Crippen LogP contribution is -3.06. The van der Waals surface area contributed by atoms with E-state index in [1.54, 1.807) is 12.1 Å². The molecule has 0 radical (unpaired) electrons. The highest BCUT2D eigenvalue weighted by Gasteiger charge is 2.09. The van der Waals surface area contributed by atoms with E-state index in [-0.39, 0.29) is 5.91 Å². The Labute approximate surface area is 101 Å². The minimum absolute atomic E-state index is 0.105. The molecule has 3 nitrogen and oxygen atoms in total. The van der Waals surface area contributed by atoms with Gasteiger partial charge in [-0.3, -0.25) is 4.79 Å². The lowest BCUT2D eigenvalue weighted by molar-refractivity contribution is -0.856. The highest BCUT2D eigenvalue weighted by atomic mass is 35.5. The highest BCUT2D eigenvalue weighted by Crippen LogP contribution is 2.17. The molecular formula is C12H18ClN2O+. The Morgan fingerprint density at radius 1 is 1.44 bits per heavy atom. The molecule has 0 saturated heterocycles. The lowest BCUT2D eigenvalue weighted by atomic mass is 10.1. The van der Waals surface area contributed by atoms with Crippen LogP contribution < -0.4 is 10.2 Å². The summed E-state index contributed by atoms with van der Waals surface area (Å²) in [6, 6.07) is 5.45. The van der Waals surface area contributed by atoms with Gasteiger partial charge in [-0.25, -0.2) is 0 Å². The molecule has 0 aromatic heterocycles. The average Bonchev–Trinajstić information content (AvgIpc) is 2.16. The van der Waals surface area contributed by atoms with E-state index in [0.717, 1.165) is 12.1 Å². The molecule has 1 rings (SSSR count). The predicted octanol–water partition coefficient (Wildman–Crippen LogP) is 0.523. The monoisotopic (exact) mass is 241 g/mol. The second kappa shape index (κ2) is 5.87. The van der Waals surface area contributed by atoms with Crippen molar-refractivity contribution in [2.75, 3.05) is 27.2 Å². The van der Waals surface area contributed by atoms with Gasteiger partial charge in [0.15, 0.2) is 0 Å². The second-order valence-corrected chi connectivity index (χ2v) is 4.60. The highest BCUT2D eigenvalue weighted by molar-refractivity contribution is 6.33. The summed E-state index contributed by atoms with van der Waals surface area (Å²) in [5.74, 6) is -0.105. The average molecular weight is 242 g/mol. The number of halogens is 1. The van der Waals surface area contributed by atoms with Gasteiger partial charge in [0.25, 0.3) is 5.91 Å². The number of carbonyl (C=O) groups excluding carboxylic acids is 1. The van der Waals surface area contributed by atoms with Crippen LogP contribution in [-0.4, -0.2) is 33.1 Å². The molecule has 0 aliphatic carbocycles. The molecule has 0 aliphatic rings. The van der Waals surface area contributed by atoms with Crippen molar-refractivity contribution >= 4 is 17.5 Å². The van der Waals surface area contributed by atoms with E-state index in [9.17, 15) is 4.79 Å². The number of rotatable bonds is 4. The zero-order chi connectivity index (χ0) is 12.1. The Bertz CT molecular complexity index is 377. The summed E-state index contributed by atoms with van der Waals surface area (Å²) in [5, 5.41) is 3.36. The fourth-order valence-corrected chi connectivity index (χ4v) is 1.65. The van der Waals surface area contributed by atoms with Crippen molar-refractivity contribution in [3.8, 4) is 0 Å². The lowest BCUT2D eigenvalue weighted by Gasteiger charge is -2.09. The quantitative estimate of drug-likeness (QED) is 0.792. The minimum Gasteiger partial charge on any atom is -0.346 e. The van der Waals surface area contributed by atoms with Crippen LogP contribution in [-0.2, 0) is 0 Å². The van der Waals surface area contributed by atoms with Crippen molar-refractivity contribution in [2.45, 2.75) is 6.92 Å². The SMILES string of the molecule is Cc1ccc(C(=O)NCC[NH+](C)C)c(Cl)c1. The third-order valence-electron chi connectivity index (χ3n) is 2.28. The molecule has 0 atom stereocenters. The number of aryl methyl sites for hydroxylation is 1. The number of benzene rings is 1. The summed E-state index contributed by atoms with van der Waals surface area (Å²) in [5.41, 5.74) is 1.60. The Morgan fingerprint density at radius 3 is 2.69 bits per heavy atom. The maximum atomic E-state index is 11.8. The first-order chi connectivity index (χ1) is 7.50. The summed E-state index contributed by atoms with van der Waals surface area (Å²) < 4.78 is 0. The molecule has 16 heavy (non-hydrogen) atoms. The van der Waals surface area contributed by atoms with Crippen LogP contribution in [0.2, 0.25) is 5.02 Å². The zero-order valence-electron chi connectivity index (χ0n) is 9.93. The van der Waals surface area contributed by atoms with Crippen LogP contribution in [0.4, 0.5) is 0 Å². The maximum Gasteiger partial charge on any atom is 0.253 e. The first-order valence-corrected chi connectivity index (χ1v) is 5.72. The largest absolute Gasteiger partial charge is 0.346 e. The molecule has 4 heteroatoms. The summed E-state index contributed by atoms with van der Waals surface area (Å²) in [6.07, 6.45) is 0. The Hall–Kier alpha value is -1.06. The van der Waals surface area contributed by atoms with E-state index >= 15 is 0 Å². The normalized spacial score (nSPS) is 10.6. The van der Waals surface area contributed by atoms with Crippen molar-refractivity contribution in [1.29, 1.82) is 0 Å². The van der Waals surface area contributed by atoms with Crippen LogP contribution in [0.1, 0.15) is 15.9 Å². The van der Waals surface area contributed by atoms with Gasteiger partial charge < -0.3 is 10.2 Å². The number of hydrogen-bond donors (Lipinski definition) is 2. The van der Waals surface area contributed by atoms with E-state index in [0.29, 0.717) is 17.1 Å². The van der Waals surface area contributed by atoms with Gasteiger partial charge in [-0.1, -0.05) is 17.7 Å².